The fourth-order valence-corrected chi connectivity index (χ4v) is 2.63. The molecule has 2 fully saturated rings. The molecular weight excluding hydrogens is 162 g/mol. The van der Waals surface area contributed by atoms with E-state index < -0.39 is 0 Å². The first-order valence-corrected chi connectivity index (χ1v) is 5.43. The summed E-state index contributed by atoms with van der Waals surface area (Å²) in [6.45, 7) is 4.41. The van der Waals surface area contributed by atoms with E-state index in [2.05, 4.69) is 17.6 Å². The fourth-order valence-electron chi connectivity index (χ4n) is 2.63. The Morgan fingerprint density at radius 2 is 2.08 bits per heavy atom. The number of rotatable bonds is 0. The zero-order valence-electron chi connectivity index (χ0n) is 8.47. The Bertz CT molecular complexity index is 179. The molecule has 2 rings (SSSR count). The van der Waals surface area contributed by atoms with Crippen LogP contribution in [0.5, 0.6) is 0 Å². The molecule has 2 aliphatic heterocycles. The number of nitrogens with two attached hydrogens (primary N) is 1. The van der Waals surface area contributed by atoms with Crippen molar-refractivity contribution in [3.8, 4) is 0 Å². The van der Waals surface area contributed by atoms with E-state index >= 15 is 0 Å². The van der Waals surface area contributed by atoms with Gasteiger partial charge in [0.05, 0.1) is 6.17 Å². The summed E-state index contributed by atoms with van der Waals surface area (Å²) >= 11 is 0. The molecule has 0 aromatic heterocycles. The third-order valence-corrected chi connectivity index (χ3v) is 3.38. The molecule has 3 atom stereocenters. The van der Waals surface area contributed by atoms with E-state index in [-0.39, 0.29) is 5.54 Å². The summed E-state index contributed by atoms with van der Waals surface area (Å²) in [7, 11) is 0. The van der Waals surface area contributed by atoms with Crippen LogP contribution in [0.1, 0.15) is 32.6 Å². The molecule has 0 amide bonds. The zero-order valence-corrected chi connectivity index (χ0v) is 8.47. The molecule has 0 aliphatic carbocycles. The molecule has 76 valence electrons. The second-order valence-corrected chi connectivity index (χ2v) is 4.90. The van der Waals surface area contributed by atoms with Crippen LogP contribution in [0, 0.1) is 5.92 Å². The van der Waals surface area contributed by atoms with E-state index in [1.165, 1.54) is 12.8 Å². The highest BCUT2D eigenvalue weighted by atomic mass is 15.1. The lowest BCUT2D eigenvalue weighted by Gasteiger charge is -2.34. The Labute approximate surface area is 80.5 Å². The van der Waals surface area contributed by atoms with E-state index in [4.69, 9.17) is 5.73 Å². The van der Waals surface area contributed by atoms with Crippen molar-refractivity contribution in [2.75, 3.05) is 13.1 Å². The van der Waals surface area contributed by atoms with Gasteiger partial charge in [0, 0.05) is 5.54 Å². The van der Waals surface area contributed by atoms with E-state index in [0.717, 1.165) is 31.8 Å². The van der Waals surface area contributed by atoms with E-state index in [9.17, 15) is 0 Å². The predicted octanol–water partition coefficient (Wildman–Crippen LogP) is 0.413. The highest BCUT2D eigenvalue weighted by molar-refractivity contribution is 4.92. The van der Waals surface area contributed by atoms with Gasteiger partial charge in [-0.3, -0.25) is 0 Å². The van der Waals surface area contributed by atoms with Crippen LogP contribution < -0.4 is 16.4 Å². The minimum Gasteiger partial charge on any atom is -0.325 e. The molecule has 3 heteroatoms. The van der Waals surface area contributed by atoms with Crippen molar-refractivity contribution in [1.29, 1.82) is 0 Å². The molecule has 2 heterocycles. The molecule has 4 N–H and O–H groups in total. The van der Waals surface area contributed by atoms with Crippen molar-refractivity contribution in [3.05, 3.63) is 0 Å². The van der Waals surface area contributed by atoms with Gasteiger partial charge in [-0.2, -0.15) is 0 Å². The first kappa shape index (κ1) is 9.44. The number of hydrogen-bond acceptors (Lipinski definition) is 3. The quantitative estimate of drug-likeness (QED) is 0.510. The topological polar surface area (TPSA) is 50.1 Å². The second-order valence-electron chi connectivity index (χ2n) is 4.90. The third kappa shape index (κ3) is 2.22. The lowest BCUT2D eigenvalue weighted by atomic mass is 9.83. The normalized spacial score (nSPS) is 46.6. The van der Waals surface area contributed by atoms with Crippen molar-refractivity contribution in [1.82, 2.24) is 10.6 Å². The van der Waals surface area contributed by atoms with Crippen LogP contribution in [-0.4, -0.2) is 24.8 Å². The summed E-state index contributed by atoms with van der Waals surface area (Å²) in [6, 6.07) is 0. The average molecular weight is 183 g/mol. The Morgan fingerprint density at radius 3 is 2.92 bits per heavy atom. The maximum Gasteiger partial charge on any atom is 0.0601 e. The van der Waals surface area contributed by atoms with Crippen LogP contribution in [0.25, 0.3) is 0 Å². The largest absolute Gasteiger partial charge is 0.325 e. The van der Waals surface area contributed by atoms with Gasteiger partial charge in [0.2, 0.25) is 0 Å². The Kier molecular flexibility index (Phi) is 2.58. The third-order valence-electron chi connectivity index (χ3n) is 3.38. The standard InChI is InChI=1S/C10H21N3/c1-10(11)4-6-13-9-8(7-10)3-2-5-12-9/h8-9,12-13H,2-7,11H2,1H3. The molecule has 0 aromatic carbocycles. The highest BCUT2D eigenvalue weighted by Gasteiger charge is 2.33. The van der Waals surface area contributed by atoms with Crippen molar-refractivity contribution >= 4 is 0 Å². The second kappa shape index (κ2) is 3.56. The SMILES string of the molecule is CC1(N)CCNC2NCCCC2C1. The van der Waals surface area contributed by atoms with Gasteiger partial charge in [0.1, 0.15) is 0 Å². The van der Waals surface area contributed by atoms with Crippen molar-refractivity contribution < 1.29 is 0 Å². The summed E-state index contributed by atoms with van der Waals surface area (Å²) < 4.78 is 0. The Hall–Kier alpha value is -0.120. The smallest absolute Gasteiger partial charge is 0.0601 e. The van der Waals surface area contributed by atoms with Gasteiger partial charge in [-0.15, -0.1) is 0 Å². The maximum absolute atomic E-state index is 6.22. The summed E-state index contributed by atoms with van der Waals surface area (Å²) in [5.41, 5.74) is 6.26. The molecule has 2 saturated heterocycles. The van der Waals surface area contributed by atoms with E-state index in [0.29, 0.717) is 6.17 Å². The number of hydrogen-bond donors (Lipinski definition) is 3. The molecule has 13 heavy (non-hydrogen) atoms. The summed E-state index contributed by atoms with van der Waals surface area (Å²) in [6.07, 6.45) is 5.43. The predicted molar refractivity (Wildman–Crippen MR) is 54.3 cm³/mol. The molecule has 0 aromatic rings. The van der Waals surface area contributed by atoms with Crippen LogP contribution in [-0.2, 0) is 0 Å². The zero-order chi connectivity index (χ0) is 9.31. The average Bonchev–Trinajstić information content (AvgIpc) is 2.21. The summed E-state index contributed by atoms with van der Waals surface area (Å²) in [4.78, 5) is 0. The van der Waals surface area contributed by atoms with Crippen molar-refractivity contribution in [2.45, 2.75) is 44.3 Å². The van der Waals surface area contributed by atoms with Crippen molar-refractivity contribution in [2.24, 2.45) is 11.7 Å². The molecule has 3 unspecified atom stereocenters. The molecule has 0 bridgehead atoms. The molecule has 0 radical (unpaired) electrons. The van der Waals surface area contributed by atoms with E-state index in [1.54, 1.807) is 0 Å². The van der Waals surface area contributed by atoms with Gasteiger partial charge >= 0.3 is 0 Å². The van der Waals surface area contributed by atoms with Gasteiger partial charge in [0.25, 0.3) is 0 Å². The van der Waals surface area contributed by atoms with Crippen LogP contribution in [0.3, 0.4) is 0 Å². The van der Waals surface area contributed by atoms with Crippen LogP contribution in [0.15, 0.2) is 0 Å². The summed E-state index contributed by atoms with van der Waals surface area (Å²) in [5.74, 6) is 0.742. The number of fused-ring (bicyclic) bond motifs is 1. The van der Waals surface area contributed by atoms with Gasteiger partial charge < -0.3 is 16.4 Å². The lowest BCUT2D eigenvalue weighted by Crippen LogP contribution is -2.50. The van der Waals surface area contributed by atoms with Crippen LogP contribution in [0.2, 0.25) is 0 Å². The lowest BCUT2D eigenvalue weighted by molar-refractivity contribution is 0.223. The van der Waals surface area contributed by atoms with Gasteiger partial charge in [0.15, 0.2) is 0 Å². The molecule has 0 spiro atoms. The molecule has 0 saturated carbocycles. The maximum atomic E-state index is 6.22. The van der Waals surface area contributed by atoms with Gasteiger partial charge in [-0.1, -0.05) is 0 Å². The van der Waals surface area contributed by atoms with Gasteiger partial charge in [-0.25, -0.2) is 0 Å². The number of piperidine rings is 1. The molecule has 2 aliphatic rings. The monoisotopic (exact) mass is 183 g/mol. The van der Waals surface area contributed by atoms with E-state index in [1.807, 2.05) is 0 Å². The van der Waals surface area contributed by atoms with Crippen LogP contribution >= 0.6 is 0 Å². The molecular formula is C10H21N3. The minimum atomic E-state index is 0.0471. The van der Waals surface area contributed by atoms with Crippen molar-refractivity contribution in [3.63, 3.8) is 0 Å². The Balaban J connectivity index is 2.03. The first-order chi connectivity index (χ1) is 6.17. The minimum absolute atomic E-state index is 0.0471. The summed E-state index contributed by atoms with van der Waals surface area (Å²) in [5, 5.41) is 7.08. The fraction of sp³-hybridized carbons (Fsp3) is 1.00. The Morgan fingerprint density at radius 1 is 1.31 bits per heavy atom. The van der Waals surface area contributed by atoms with Crippen LogP contribution in [0.4, 0.5) is 0 Å². The molecule has 3 nitrogen and oxygen atoms in total. The number of nitrogens with one attached hydrogen (secondary N) is 2. The highest BCUT2D eigenvalue weighted by Crippen LogP contribution is 2.28. The van der Waals surface area contributed by atoms with Gasteiger partial charge in [-0.05, 0) is 51.6 Å². The first-order valence-electron chi connectivity index (χ1n) is 5.43.